The summed E-state index contributed by atoms with van der Waals surface area (Å²) in [4.78, 5) is 0. The first-order valence-electron chi connectivity index (χ1n) is 29.4. The highest BCUT2D eigenvalue weighted by Crippen LogP contribution is 2.29. The van der Waals surface area contributed by atoms with E-state index >= 15 is 0 Å². The Hall–Kier alpha value is -8.15. The Bertz CT molecular complexity index is 3760. The van der Waals surface area contributed by atoms with Crippen LogP contribution in [-0.4, -0.2) is 0 Å². The largest absolute Gasteiger partial charge is 0.212 e. The third kappa shape index (κ3) is 14.9. The van der Waals surface area contributed by atoms with Gasteiger partial charge in [-0.25, -0.2) is 22.8 Å². The smallest absolute Gasteiger partial charge is 0.201 e. The second-order valence-electron chi connectivity index (χ2n) is 21.8. The molecule has 10 rings (SSSR count). The molecule has 80 heavy (non-hydrogen) atoms. The Morgan fingerprint density at radius 3 is 0.900 bits per heavy atom. The van der Waals surface area contributed by atoms with Gasteiger partial charge >= 0.3 is 0 Å². The molecule has 0 N–H and O–H groups in total. The van der Waals surface area contributed by atoms with Crippen molar-refractivity contribution in [1.82, 2.24) is 0 Å². The van der Waals surface area contributed by atoms with E-state index in [0.29, 0.717) is 5.56 Å². The minimum Gasteiger partial charge on any atom is -0.201 e. The van der Waals surface area contributed by atoms with Crippen LogP contribution < -0.4 is 22.8 Å². The number of pyridine rings is 5. The zero-order valence-corrected chi connectivity index (χ0v) is 51.6. The Kier molecular flexibility index (Phi) is 19.5. The lowest BCUT2D eigenvalue weighted by Crippen LogP contribution is -2.30. The van der Waals surface area contributed by atoms with E-state index in [2.05, 4.69) is 276 Å². The number of benzene rings is 5. The minimum atomic E-state index is -2.05. The van der Waals surface area contributed by atoms with Gasteiger partial charge in [-0.05, 0) is 237 Å². The summed E-state index contributed by atoms with van der Waals surface area (Å²) < 4.78 is 33.4. The molecule has 5 heteroatoms. The van der Waals surface area contributed by atoms with Crippen LogP contribution in [0.4, 0.5) is 0 Å². The summed E-state index contributed by atoms with van der Waals surface area (Å²) in [7, 11) is 10.3. The third-order valence-electron chi connectivity index (χ3n) is 16.0. The van der Waals surface area contributed by atoms with Crippen LogP contribution in [0.25, 0.3) is 56.3 Å². The molecule has 0 aliphatic rings. The van der Waals surface area contributed by atoms with Gasteiger partial charge < -0.3 is 0 Å². The van der Waals surface area contributed by atoms with Crippen LogP contribution in [0.1, 0.15) is 87.6 Å². The molecule has 5 heterocycles. The van der Waals surface area contributed by atoms with E-state index in [9.17, 15) is 0 Å². The van der Waals surface area contributed by atoms with Gasteiger partial charge in [0.2, 0.25) is 28.5 Å². The molecule has 0 radical (unpaired) electrons. The minimum absolute atomic E-state index is 0.437. The second kappa shape index (κ2) is 27.6. The van der Waals surface area contributed by atoms with E-state index in [1.807, 2.05) is 55.9 Å². The van der Waals surface area contributed by atoms with Crippen LogP contribution in [0, 0.1) is 104 Å². The molecule has 0 unspecified atom stereocenters. The lowest BCUT2D eigenvalue weighted by atomic mass is 9.96. The molecule has 0 atom stereocenters. The van der Waals surface area contributed by atoms with Crippen molar-refractivity contribution in [2.24, 2.45) is 35.2 Å². The normalized spacial score (nSPS) is 11.2. The molecular weight excluding hydrogens is 971 g/mol. The van der Waals surface area contributed by atoms with Gasteiger partial charge in [0.1, 0.15) is 35.2 Å². The van der Waals surface area contributed by atoms with Gasteiger partial charge in [-0.3, -0.25) is 0 Å². The Morgan fingerprint density at radius 2 is 0.550 bits per heavy atom. The summed E-state index contributed by atoms with van der Waals surface area (Å²) in [5, 5.41) is 0. The van der Waals surface area contributed by atoms with Crippen molar-refractivity contribution in [3.63, 3.8) is 0 Å². The number of hydrogen-bond acceptors (Lipinski definition) is 0. The maximum absolute atomic E-state index is 7.56. The highest BCUT2D eigenvalue weighted by molar-refractivity contribution is 5.67. The van der Waals surface area contributed by atoms with Crippen molar-refractivity contribution >= 4 is 0 Å². The molecule has 5 aromatic heterocycles. The van der Waals surface area contributed by atoms with Crippen molar-refractivity contribution in [3.8, 4) is 56.3 Å². The molecule has 0 amide bonds. The molecule has 5 nitrogen and oxygen atoms in total. The van der Waals surface area contributed by atoms with Crippen molar-refractivity contribution < 1.29 is 26.9 Å². The maximum atomic E-state index is 7.56. The number of rotatable bonds is 5. The van der Waals surface area contributed by atoms with Crippen LogP contribution in [0.5, 0.6) is 0 Å². The first-order chi connectivity index (χ1) is 39.2. The predicted molar refractivity (Wildman–Crippen MR) is 336 cm³/mol. The number of hydrogen-bond donors (Lipinski definition) is 0. The summed E-state index contributed by atoms with van der Waals surface area (Å²) in [5.41, 5.74) is 31.1. The number of nitrogens with zero attached hydrogens (tertiary/aromatic N) is 5. The van der Waals surface area contributed by atoms with Crippen molar-refractivity contribution in [3.05, 3.63) is 266 Å². The molecule has 0 spiro atoms. The van der Waals surface area contributed by atoms with E-state index in [-0.39, 0.29) is 0 Å². The van der Waals surface area contributed by atoms with Gasteiger partial charge in [0.05, 0.1) is 0 Å². The van der Waals surface area contributed by atoms with Crippen molar-refractivity contribution in [2.45, 2.75) is 104 Å². The van der Waals surface area contributed by atoms with Gasteiger partial charge in [-0.2, -0.15) is 0 Å². The lowest BCUT2D eigenvalue weighted by molar-refractivity contribution is -0.660. The fourth-order valence-electron chi connectivity index (χ4n) is 10.2. The van der Waals surface area contributed by atoms with Crippen LogP contribution in [0.3, 0.4) is 0 Å². The molecule has 0 fully saturated rings. The van der Waals surface area contributed by atoms with Gasteiger partial charge in [0.15, 0.2) is 31.0 Å². The SMILES string of the molecule is Cc1cc(C)c(-c2cccc[n+]2C)cc1C.Cc1cc(C)c(C)c(-c2cccc[n+]2C)c1.Cc1cc(C)c(C)c(-c2cccc[n+]2C)c1.Cc1ccc(-c2cccc[n+]2C)c(C)c1C.[2H]C([2H])([2H])c1ccc(-c2cccc[n+]2C)c(C)c1C. The van der Waals surface area contributed by atoms with E-state index in [1.165, 1.54) is 112 Å². The lowest BCUT2D eigenvalue weighted by Gasteiger charge is -2.09. The molecule has 0 saturated carbocycles. The third-order valence-corrected chi connectivity index (χ3v) is 16.0. The molecule has 410 valence electrons. The van der Waals surface area contributed by atoms with E-state index in [0.717, 1.165) is 22.4 Å². The molecule has 0 aliphatic heterocycles. The molecule has 5 aromatic carbocycles. The van der Waals surface area contributed by atoms with Crippen LogP contribution >= 0.6 is 0 Å². The molecular formula is C75H90N5+5. The van der Waals surface area contributed by atoms with Gasteiger partial charge in [-0.1, -0.05) is 41.5 Å². The zero-order valence-electron chi connectivity index (χ0n) is 54.6. The fraction of sp³-hybridized carbons (Fsp3) is 0.267. The molecule has 0 saturated heterocycles. The van der Waals surface area contributed by atoms with Crippen LogP contribution in [0.2, 0.25) is 0 Å². The molecule has 10 aromatic rings. The monoisotopic (exact) mass is 1060 g/mol. The fourth-order valence-corrected chi connectivity index (χ4v) is 10.2. The quantitative estimate of drug-likeness (QED) is 0.153. The first kappa shape index (κ1) is 56.6. The Labute approximate surface area is 486 Å². The second-order valence-corrected chi connectivity index (χ2v) is 21.8. The number of aromatic nitrogens is 5. The molecule has 0 bridgehead atoms. The zero-order chi connectivity index (χ0) is 61.0. The van der Waals surface area contributed by atoms with Gasteiger partial charge in [0.25, 0.3) is 0 Å². The number of aryl methyl sites for hydroxylation is 14. The topological polar surface area (TPSA) is 19.4 Å². The summed E-state index contributed by atoms with van der Waals surface area (Å²) in [5.74, 6) is 0. The van der Waals surface area contributed by atoms with Crippen molar-refractivity contribution in [1.29, 1.82) is 0 Å². The van der Waals surface area contributed by atoms with Crippen LogP contribution in [0.15, 0.2) is 183 Å². The summed E-state index contributed by atoms with van der Waals surface area (Å²) in [6.45, 7) is 27.9. The maximum Gasteiger partial charge on any atom is 0.212 e. The summed E-state index contributed by atoms with van der Waals surface area (Å²) in [6.07, 6.45) is 10.3. The first-order valence-corrected chi connectivity index (χ1v) is 27.9. The van der Waals surface area contributed by atoms with Crippen molar-refractivity contribution in [2.75, 3.05) is 0 Å². The average Bonchev–Trinajstić information content (AvgIpc) is 3.65. The van der Waals surface area contributed by atoms with E-state index in [1.54, 1.807) is 6.07 Å². The van der Waals surface area contributed by atoms with E-state index in [4.69, 9.17) is 4.11 Å². The standard InChI is InChI=1S/5C15H18N/c2*1-11-8-9-14(13(3)12(11)2)15-7-5-6-10-16(15)4;1-11-9-13(3)14(10-12(11)2)15-7-5-6-8-16(15)4;2*1-11-9-12(2)13(3)14(10-11)15-7-5-6-8-16(15)4/h5*5-10H,1-4H3/q5*+1/i1D3;;;;. The Morgan fingerprint density at radius 1 is 0.237 bits per heavy atom. The highest BCUT2D eigenvalue weighted by Gasteiger charge is 2.17. The van der Waals surface area contributed by atoms with E-state index < -0.39 is 6.85 Å². The Balaban J connectivity index is 0.000000167. The average molecular weight is 1060 g/mol. The summed E-state index contributed by atoms with van der Waals surface area (Å²) >= 11 is 0. The van der Waals surface area contributed by atoms with Crippen LogP contribution in [-0.2, 0) is 35.2 Å². The summed E-state index contributed by atoms with van der Waals surface area (Å²) in [6, 6.07) is 52.8. The van der Waals surface area contributed by atoms with Gasteiger partial charge in [-0.15, -0.1) is 0 Å². The highest BCUT2D eigenvalue weighted by atomic mass is 14.9. The van der Waals surface area contributed by atoms with Gasteiger partial charge in [0, 0.05) is 92.6 Å². The predicted octanol–water partition coefficient (Wildman–Crippen LogP) is 15.5. The molecule has 0 aliphatic carbocycles.